The molecule has 0 aliphatic rings. The van der Waals surface area contributed by atoms with Crippen molar-refractivity contribution in [1.29, 1.82) is 0 Å². The molecule has 0 saturated carbocycles. The number of aromatic nitrogens is 3. The van der Waals surface area contributed by atoms with Crippen LogP contribution < -0.4 is 10.1 Å². The van der Waals surface area contributed by atoms with Crippen LogP contribution in [0.1, 0.15) is 5.56 Å². The van der Waals surface area contributed by atoms with E-state index in [1.54, 1.807) is 14.2 Å². The summed E-state index contributed by atoms with van der Waals surface area (Å²) in [7, 11) is 3.28. The Bertz CT molecular complexity index is 931. The summed E-state index contributed by atoms with van der Waals surface area (Å²) in [6.07, 6.45) is 0. The summed E-state index contributed by atoms with van der Waals surface area (Å²) in [5.41, 5.74) is 1.91. The van der Waals surface area contributed by atoms with Crippen molar-refractivity contribution in [2.24, 2.45) is 0 Å². The Morgan fingerprint density at radius 3 is 2.59 bits per heavy atom. The lowest BCUT2D eigenvalue weighted by Crippen LogP contribution is -2.25. The van der Waals surface area contributed by atoms with Gasteiger partial charge < -0.3 is 14.8 Å². The summed E-state index contributed by atoms with van der Waals surface area (Å²) in [6.45, 7) is 1.55. The molecule has 0 saturated heterocycles. The molecular weight excluding hydrogens is 388 g/mol. The van der Waals surface area contributed by atoms with E-state index in [9.17, 15) is 4.79 Å². The lowest BCUT2D eigenvalue weighted by Gasteiger charge is -2.11. The molecule has 0 radical (unpaired) electrons. The molecule has 8 heteroatoms. The molecule has 3 rings (SSSR count). The van der Waals surface area contributed by atoms with E-state index in [0.717, 1.165) is 22.7 Å². The van der Waals surface area contributed by atoms with E-state index < -0.39 is 0 Å². The molecule has 0 bridgehead atoms. The Hall–Kier alpha value is -2.84. The molecule has 152 valence electrons. The van der Waals surface area contributed by atoms with Crippen molar-refractivity contribution < 1.29 is 14.3 Å². The third-order valence-electron chi connectivity index (χ3n) is 4.27. The van der Waals surface area contributed by atoms with Gasteiger partial charge in [0.15, 0.2) is 11.0 Å². The highest BCUT2D eigenvalue weighted by Gasteiger charge is 2.15. The minimum absolute atomic E-state index is 0.0801. The predicted octanol–water partition coefficient (Wildman–Crippen LogP) is 3.01. The van der Waals surface area contributed by atoms with E-state index in [4.69, 9.17) is 9.47 Å². The Balaban J connectivity index is 1.63. The maximum absolute atomic E-state index is 12.3. The monoisotopic (exact) mass is 412 g/mol. The van der Waals surface area contributed by atoms with Crippen molar-refractivity contribution in [3.05, 3.63) is 60.2 Å². The van der Waals surface area contributed by atoms with Gasteiger partial charge in [-0.25, -0.2) is 0 Å². The molecule has 29 heavy (non-hydrogen) atoms. The summed E-state index contributed by atoms with van der Waals surface area (Å²) in [5, 5.41) is 12.2. The van der Waals surface area contributed by atoms with E-state index in [1.165, 1.54) is 11.8 Å². The molecule has 0 fully saturated rings. The molecule has 0 aliphatic heterocycles. The van der Waals surface area contributed by atoms with E-state index in [2.05, 4.69) is 15.5 Å². The van der Waals surface area contributed by atoms with Crippen LogP contribution in [0.4, 0.5) is 0 Å². The number of thioether (sulfide) groups is 1. The quantitative estimate of drug-likeness (QED) is 0.516. The third-order valence-corrected chi connectivity index (χ3v) is 5.24. The average Bonchev–Trinajstić information content (AvgIpc) is 3.18. The molecular formula is C21H24N4O3S. The van der Waals surface area contributed by atoms with E-state index >= 15 is 0 Å². The zero-order chi connectivity index (χ0) is 20.5. The first-order valence-corrected chi connectivity index (χ1v) is 10.2. The number of ether oxygens (including phenoxy) is 2. The smallest absolute Gasteiger partial charge is 0.230 e. The van der Waals surface area contributed by atoms with E-state index in [1.807, 2.05) is 59.2 Å². The number of rotatable bonds is 10. The molecule has 1 amide bonds. The first-order chi connectivity index (χ1) is 14.2. The van der Waals surface area contributed by atoms with Gasteiger partial charge in [0.05, 0.1) is 26.0 Å². The molecule has 0 unspecified atom stereocenters. The van der Waals surface area contributed by atoms with Crippen molar-refractivity contribution in [1.82, 2.24) is 20.1 Å². The van der Waals surface area contributed by atoms with Gasteiger partial charge in [-0.1, -0.05) is 60.3 Å². The SMILES string of the molecule is COCCn1c(SCC(=O)NCc2ccccc2OC)nnc1-c1ccccc1. The largest absolute Gasteiger partial charge is 0.496 e. The lowest BCUT2D eigenvalue weighted by molar-refractivity contribution is -0.118. The number of amides is 1. The highest BCUT2D eigenvalue weighted by Crippen LogP contribution is 2.24. The standard InChI is InChI=1S/C21H24N4O3S/c1-27-13-12-25-20(16-8-4-3-5-9-16)23-24-21(25)29-15-19(26)22-14-17-10-6-7-11-18(17)28-2/h3-11H,12-15H2,1-2H3,(H,22,26). The molecule has 1 heterocycles. The van der Waals surface area contributed by atoms with E-state index in [-0.39, 0.29) is 11.7 Å². The number of para-hydroxylation sites is 1. The van der Waals surface area contributed by atoms with Crippen LogP contribution >= 0.6 is 11.8 Å². The van der Waals surface area contributed by atoms with Gasteiger partial charge in [-0.3, -0.25) is 9.36 Å². The van der Waals surface area contributed by atoms with E-state index in [0.29, 0.717) is 24.9 Å². The fourth-order valence-electron chi connectivity index (χ4n) is 2.80. The first-order valence-electron chi connectivity index (χ1n) is 9.22. The Labute approximate surface area is 174 Å². The number of hydrogen-bond donors (Lipinski definition) is 1. The highest BCUT2D eigenvalue weighted by molar-refractivity contribution is 7.99. The molecule has 1 aromatic heterocycles. The topological polar surface area (TPSA) is 78.3 Å². The van der Waals surface area contributed by atoms with Crippen LogP contribution in [0.3, 0.4) is 0 Å². The second kappa shape index (κ2) is 10.6. The zero-order valence-electron chi connectivity index (χ0n) is 16.5. The van der Waals surface area contributed by atoms with Crippen molar-refractivity contribution in [2.45, 2.75) is 18.2 Å². The fourth-order valence-corrected chi connectivity index (χ4v) is 3.60. The number of carbonyl (C=O) groups is 1. The van der Waals surface area contributed by atoms with Crippen molar-refractivity contribution in [3.63, 3.8) is 0 Å². The van der Waals surface area contributed by atoms with Crippen LogP contribution in [0.5, 0.6) is 5.75 Å². The second-order valence-electron chi connectivity index (χ2n) is 6.19. The Morgan fingerprint density at radius 2 is 1.83 bits per heavy atom. The van der Waals surface area contributed by atoms with Crippen LogP contribution in [-0.2, 0) is 22.6 Å². The molecule has 1 N–H and O–H groups in total. The van der Waals surface area contributed by atoms with Crippen LogP contribution in [-0.4, -0.2) is 47.3 Å². The Kier molecular flexibility index (Phi) is 7.66. The van der Waals surface area contributed by atoms with Gasteiger partial charge in [-0.05, 0) is 6.07 Å². The number of benzene rings is 2. The van der Waals surface area contributed by atoms with Gasteiger partial charge in [-0.15, -0.1) is 10.2 Å². The molecule has 0 spiro atoms. The normalized spacial score (nSPS) is 10.7. The van der Waals surface area contributed by atoms with Crippen molar-refractivity contribution in [2.75, 3.05) is 26.6 Å². The second-order valence-corrected chi connectivity index (χ2v) is 7.14. The zero-order valence-corrected chi connectivity index (χ0v) is 17.3. The minimum Gasteiger partial charge on any atom is -0.496 e. The lowest BCUT2D eigenvalue weighted by atomic mass is 10.2. The van der Waals surface area contributed by atoms with Crippen LogP contribution in [0.2, 0.25) is 0 Å². The van der Waals surface area contributed by atoms with Gasteiger partial charge in [-0.2, -0.15) is 0 Å². The van der Waals surface area contributed by atoms with Gasteiger partial charge in [0, 0.05) is 24.8 Å². The first kappa shape index (κ1) is 20.9. The molecule has 7 nitrogen and oxygen atoms in total. The maximum atomic E-state index is 12.3. The van der Waals surface area contributed by atoms with Gasteiger partial charge in [0.25, 0.3) is 0 Å². The summed E-state index contributed by atoms with van der Waals surface area (Å²) in [4.78, 5) is 12.3. The fraction of sp³-hybridized carbons (Fsp3) is 0.286. The maximum Gasteiger partial charge on any atom is 0.230 e. The van der Waals surface area contributed by atoms with Crippen molar-refractivity contribution >= 4 is 17.7 Å². The van der Waals surface area contributed by atoms with Crippen LogP contribution in [0, 0.1) is 0 Å². The van der Waals surface area contributed by atoms with Gasteiger partial charge in [0.2, 0.25) is 5.91 Å². The molecule has 2 aromatic carbocycles. The van der Waals surface area contributed by atoms with Gasteiger partial charge in [0.1, 0.15) is 5.75 Å². The third kappa shape index (κ3) is 5.58. The van der Waals surface area contributed by atoms with Gasteiger partial charge >= 0.3 is 0 Å². The predicted molar refractivity (Wildman–Crippen MR) is 113 cm³/mol. The van der Waals surface area contributed by atoms with Crippen LogP contribution in [0.15, 0.2) is 59.8 Å². The highest BCUT2D eigenvalue weighted by atomic mass is 32.2. The summed E-state index contributed by atoms with van der Waals surface area (Å²) in [6, 6.07) is 17.5. The number of hydrogen-bond acceptors (Lipinski definition) is 6. The Morgan fingerprint density at radius 1 is 1.07 bits per heavy atom. The van der Waals surface area contributed by atoms with Crippen LogP contribution in [0.25, 0.3) is 11.4 Å². The number of nitrogens with zero attached hydrogens (tertiary/aromatic N) is 3. The number of nitrogens with one attached hydrogen (secondary N) is 1. The molecule has 0 atom stereocenters. The average molecular weight is 413 g/mol. The summed E-state index contributed by atoms with van der Waals surface area (Å²) < 4.78 is 12.5. The summed E-state index contributed by atoms with van der Waals surface area (Å²) in [5.74, 6) is 1.69. The number of carbonyl (C=O) groups excluding carboxylic acids is 1. The minimum atomic E-state index is -0.0801. The number of methoxy groups -OCH3 is 2. The molecule has 0 aliphatic carbocycles. The van der Waals surface area contributed by atoms with Crippen molar-refractivity contribution in [3.8, 4) is 17.1 Å². The summed E-state index contributed by atoms with van der Waals surface area (Å²) >= 11 is 1.36. The molecule has 3 aromatic rings.